The monoisotopic (exact) mass is 332 g/mol. The maximum absolute atomic E-state index is 13.0. The Morgan fingerprint density at radius 3 is 2.71 bits per heavy atom. The molecule has 1 fully saturated rings. The van der Waals surface area contributed by atoms with Crippen molar-refractivity contribution in [2.45, 2.75) is 45.2 Å². The first kappa shape index (κ1) is 16.9. The van der Waals surface area contributed by atoms with Gasteiger partial charge in [0.25, 0.3) is 0 Å². The minimum absolute atomic E-state index is 0.0235. The molecule has 0 aliphatic carbocycles. The highest BCUT2D eigenvalue weighted by molar-refractivity contribution is 7.99. The molecule has 0 radical (unpaired) electrons. The van der Waals surface area contributed by atoms with Gasteiger partial charge in [-0.05, 0) is 27.3 Å². The highest BCUT2D eigenvalue weighted by Gasteiger charge is 2.36. The number of nitrogens with one attached hydrogen (secondary N) is 1. The summed E-state index contributed by atoms with van der Waals surface area (Å²) in [6.07, 6.45) is 0. The Balaban J connectivity index is 2.43. The van der Waals surface area contributed by atoms with Gasteiger partial charge in [-0.2, -0.15) is 16.1 Å². The molecule has 0 saturated carbocycles. The summed E-state index contributed by atoms with van der Waals surface area (Å²) < 4.78 is 33.3. The van der Waals surface area contributed by atoms with Crippen LogP contribution in [0.3, 0.4) is 0 Å². The van der Waals surface area contributed by atoms with E-state index in [2.05, 4.69) is 5.32 Å². The van der Waals surface area contributed by atoms with E-state index in [0.29, 0.717) is 29.5 Å². The average molecular weight is 332 g/mol. The fourth-order valence-electron chi connectivity index (χ4n) is 2.69. The number of sulfonamides is 1. The van der Waals surface area contributed by atoms with E-state index < -0.39 is 10.0 Å². The number of furan rings is 1. The molecule has 1 aliphatic heterocycles. The van der Waals surface area contributed by atoms with Gasteiger partial charge in [0.15, 0.2) is 0 Å². The van der Waals surface area contributed by atoms with Gasteiger partial charge in [0.2, 0.25) is 10.0 Å². The molecule has 1 aliphatic rings. The molecule has 120 valence electrons. The molecule has 1 unspecified atom stereocenters. The summed E-state index contributed by atoms with van der Waals surface area (Å²) in [5.41, 5.74) is 0.764. The van der Waals surface area contributed by atoms with Gasteiger partial charge in [0.05, 0.1) is 0 Å². The highest BCUT2D eigenvalue weighted by atomic mass is 32.2. The molecule has 0 aromatic carbocycles. The number of thioether (sulfide) groups is 1. The fraction of sp³-hybridized carbons (Fsp3) is 0.714. The van der Waals surface area contributed by atoms with Crippen LogP contribution in [-0.2, 0) is 16.6 Å². The first-order chi connectivity index (χ1) is 9.89. The van der Waals surface area contributed by atoms with Crippen LogP contribution in [0.25, 0.3) is 0 Å². The summed E-state index contributed by atoms with van der Waals surface area (Å²) in [5, 5.41) is 3.20. The van der Waals surface area contributed by atoms with Gasteiger partial charge in [-0.15, -0.1) is 0 Å². The highest BCUT2D eigenvalue weighted by Crippen LogP contribution is 2.32. The Morgan fingerprint density at radius 2 is 2.10 bits per heavy atom. The lowest BCUT2D eigenvalue weighted by Gasteiger charge is -2.32. The standard InChI is InChI=1S/C14H24N2O3S2/c1-5-15-8-13-11(3)19-12(4)14(13)21(17,18)16-6-7-20-9-10(16)2/h10,15H,5-9H2,1-4H3. The summed E-state index contributed by atoms with van der Waals surface area (Å²) >= 11 is 1.80. The van der Waals surface area contributed by atoms with E-state index in [1.807, 2.05) is 20.8 Å². The predicted molar refractivity (Wildman–Crippen MR) is 86.2 cm³/mol. The molecule has 0 amide bonds. The third kappa shape index (κ3) is 3.31. The van der Waals surface area contributed by atoms with Crippen LogP contribution >= 0.6 is 11.8 Å². The smallest absolute Gasteiger partial charge is 0.247 e. The van der Waals surface area contributed by atoms with Gasteiger partial charge < -0.3 is 9.73 Å². The minimum Gasteiger partial charge on any atom is -0.465 e. The summed E-state index contributed by atoms with van der Waals surface area (Å²) in [6, 6.07) is 0.0235. The molecule has 1 atom stereocenters. The van der Waals surface area contributed by atoms with E-state index in [4.69, 9.17) is 4.42 Å². The Hall–Kier alpha value is -0.500. The van der Waals surface area contributed by atoms with Crippen LogP contribution in [-0.4, -0.2) is 43.4 Å². The number of rotatable bonds is 5. The maximum Gasteiger partial charge on any atom is 0.247 e. The quantitative estimate of drug-likeness (QED) is 0.895. The normalized spacial score (nSPS) is 20.9. The van der Waals surface area contributed by atoms with Gasteiger partial charge >= 0.3 is 0 Å². The Bertz CT molecular complexity index is 596. The van der Waals surface area contributed by atoms with Crippen molar-refractivity contribution in [3.8, 4) is 0 Å². The second kappa shape index (κ2) is 6.73. The summed E-state index contributed by atoms with van der Waals surface area (Å²) in [7, 11) is -3.50. The number of hydrogen-bond acceptors (Lipinski definition) is 5. The molecule has 0 spiro atoms. The van der Waals surface area contributed by atoms with E-state index in [0.717, 1.165) is 23.6 Å². The van der Waals surface area contributed by atoms with Crippen LogP contribution in [0.5, 0.6) is 0 Å². The van der Waals surface area contributed by atoms with Crippen molar-refractivity contribution in [2.24, 2.45) is 0 Å². The van der Waals surface area contributed by atoms with Crippen molar-refractivity contribution < 1.29 is 12.8 Å². The number of nitrogens with zero attached hydrogens (tertiary/aromatic N) is 1. The molecule has 1 aromatic heterocycles. The lowest BCUT2D eigenvalue weighted by molar-refractivity contribution is 0.366. The first-order valence-corrected chi connectivity index (χ1v) is 9.88. The third-order valence-electron chi connectivity index (χ3n) is 3.75. The van der Waals surface area contributed by atoms with Crippen LogP contribution < -0.4 is 5.32 Å². The second-order valence-corrected chi connectivity index (χ2v) is 8.32. The zero-order valence-corrected chi connectivity index (χ0v) is 14.7. The van der Waals surface area contributed by atoms with Crippen molar-refractivity contribution >= 4 is 21.8 Å². The maximum atomic E-state index is 13.0. The van der Waals surface area contributed by atoms with Gasteiger partial charge in [-0.3, -0.25) is 0 Å². The van der Waals surface area contributed by atoms with Crippen LogP contribution in [0.15, 0.2) is 9.31 Å². The van der Waals surface area contributed by atoms with E-state index in [1.165, 1.54) is 0 Å². The predicted octanol–water partition coefficient (Wildman–Crippen LogP) is 2.13. The molecular weight excluding hydrogens is 308 g/mol. The van der Waals surface area contributed by atoms with Gasteiger partial charge in [0, 0.05) is 36.2 Å². The SMILES string of the molecule is CCNCc1c(C)oc(C)c1S(=O)(=O)N1CCSCC1C. The van der Waals surface area contributed by atoms with Gasteiger partial charge in [-0.25, -0.2) is 8.42 Å². The molecule has 5 nitrogen and oxygen atoms in total. The van der Waals surface area contributed by atoms with E-state index >= 15 is 0 Å². The van der Waals surface area contributed by atoms with Gasteiger partial charge in [-0.1, -0.05) is 6.92 Å². The number of aryl methyl sites for hydroxylation is 2. The zero-order chi connectivity index (χ0) is 15.6. The van der Waals surface area contributed by atoms with Crippen molar-refractivity contribution in [2.75, 3.05) is 24.6 Å². The van der Waals surface area contributed by atoms with E-state index in [1.54, 1.807) is 23.0 Å². The third-order valence-corrected chi connectivity index (χ3v) is 7.15. The lowest BCUT2D eigenvalue weighted by Crippen LogP contribution is -2.44. The first-order valence-electron chi connectivity index (χ1n) is 7.28. The summed E-state index contributed by atoms with van der Waals surface area (Å²) in [5.74, 6) is 2.87. The van der Waals surface area contributed by atoms with E-state index in [-0.39, 0.29) is 6.04 Å². The van der Waals surface area contributed by atoms with Crippen LogP contribution in [0.2, 0.25) is 0 Å². The molecule has 0 bridgehead atoms. The molecule has 1 saturated heterocycles. The number of hydrogen-bond donors (Lipinski definition) is 1. The largest absolute Gasteiger partial charge is 0.465 e. The summed E-state index contributed by atoms with van der Waals surface area (Å²) in [4.78, 5) is 0.361. The van der Waals surface area contributed by atoms with Crippen molar-refractivity contribution in [3.63, 3.8) is 0 Å². The average Bonchev–Trinajstić information content (AvgIpc) is 2.71. The minimum atomic E-state index is -3.50. The molecule has 2 rings (SSSR count). The van der Waals surface area contributed by atoms with Crippen LogP contribution in [0.1, 0.15) is 30.9 Å². The Morgan fingerprint density at radius 1 is 1.38 bits per heavy atom. The van der Waals surface area contributed by atoms with Crippen LogP contribution in [0.4, 0.5) is 0 Å². The van der Waals surface area contributed by atoms with Crippen LogP contribution in [0, 0.1) is 13.8 Å². The molecule has 1 N–H and O–H groups in total. The lowest BCUT2D eigenvalue weighted by atomic mass is 10.2. The van der Waals surface area contributed by atoms with Crippen molar-refractivity contribution in [1.82, 2.24) is 9.62 Å². The zero-order valence-electron chi connectivity index (χ0n) is 13.1. The fourth-order valence-corrected chi connectivity index (χ4v) is 5.96. The van der Waals surface area contributed by atoms with Gasteiger partial charge in [0.1, 0.15) is 16.4 Å². The summed E-state index contributed by atoms with van der Waals surface area (Å²) in [6.45, 7) is 9.41. The van der Waals surface area contributed by atoms with E-state index in [9.17, 15) is 8.42 Å². The molecule has 21 heavy (non-hydrogen) atoms. The topological polar surface area (TPSA) is 62.6 Å². The molecule has 2 heterocycles. The molecule has 7 heteroatoms. The Kier molecular flexibility index (Phi) is 5.40. The molecular formula is C14H24N2O3S2. The second-order valence-electron chi connectivity index (χ2n) is 5.34. The van der Waals surface area contributed by atoms with Crippen molar-refractivity contribution in [3.05, 3.63) is 17.1 Å². The molecule has 1 aromatic rings. The Labute approximate surface area is 131 Å². The van der Waals surface area contributed by atoms with Crippen molar-refractivity contribution in [1.29, 1.82) is 0 Å².